The lowest BCUT2D eigenvalue weighted by molar-refractivity contribution is -0.135. The molecule has 2 amide bonds. The zero-order chi connectivity index (χ0) is 11.1. The van der Waals surface area contributed by atoms with Crippen molar-refractivity contribution in [1.29, 1.82) is 0 Å². The van der Waals surface area contributed by atoms with Crippen LogP contribution >= 0.6 is 0 Å². The van der Waals surface area contributed by atoms with Crippen molar-refractivity contribution in [3.63, 3.8) is 0 Å². The van der Waals surface area contributed by atoms with E-state index in [4.69, 9.17) is 10.8 Å². The Morgan fingerprint density at radius 1 is 1.43 bits per heavy atom. The van der Waals surface area contributed by atoms with E-state index in [9.17, 15) is 9.59 Å². The summed E-state index contributed by atoms with van der Waals surface area (Å²) in [5.74, 6) is -0.758. The normalized spacial score (nSPS) is 10.3. The first-order valence-electron chi connectivity index (χ1n) is 4.30. The highest BCUT2D eigenvalue weighted by atomic mass is 16.3. The Labute approximate surface area is 83.3 Å². The van der Waals surface area contributed by atoms with E-state index in [-0.39, 0.29) is 19.1 Å². The SMILES string of the molecule is CC(=O)N(CC(N)=O)CN(C)CCO. The number of carbonyl (C=O) groups is 2. The Kier molecular flexibility index (Phi) is 5.82. The Hall–Kier alpha value is -1.14. The molecule has 0 heterocycles. The third kappa shape index (κ3) is 5.50. The minimum Gasteiger partial charge on any atom is -0.395 e. The molecule has 6 nitrogen and oxygen atoms in total. The molecule has 0 aliphatic carbocycles. The minimum absolute atomic E-state index is 0.0127. The zero-order valence-electron chi connectivity index (χ0n) is 8.56. The fraction of sp³-hybridized carbons (Fsp3) is 0.750. The van der Waals surface area contributed by atoms with Crippen LogP contribution in [0, 0.1) is 0 Å². The molecule has 0 aliphatic heterocycles. The van der Waals surface area contributed by atoms with Gasteiger partial charge >= 0.3 is 0 Å². The number of hydrogen-bond donors (Lipinski definition) is 2. The summed E-state index contributed by atoms with van der Waals surface area (Å²) >= 11 is 0. The topological polar surface area (TPSA) is 86.9 Å². The predicted molar refractivity (Wildman–Crippen MR) is 51.2 cm³/mol. The quantitative estimate of drug-likeness (QED) is 0.499. The van der Waals surface area contributed by atoms with E-state index in [1.54, 1.807) is 11.9 Å². The van der Waals surface area contributed by atoms with Gasteiger partial charge in [0.2, 0.25) is 11.8 Å². The van der Waals surface area contributed by atoms with Gasteiger partial charge in [0.25, 0.3) is 0 Å². The fourth-order valence-corrected chi connectivity index (χ4v) is 0.982. The first-order valence-corrected chi connectivity index (χ1v) is 4.30. The van der Waals surface area contributed by atoms with Gasteiger partial charge in [-0.25, -0.2) is 0 Å². The van der Waals surface area contributed by atoms with Crippen LogP contribution in [0.15, 0.2) is 0 Å². The molecular weight excluding hydrogens is 186 g/mol. The number of likely N-dealkylation sites (N-methyl/N-ethyl adjacent to an activating group) is 1. The third-order valence-electron chi connectivity index (χ3n) is 1.69. The van der Waals surface area contributed by atoms with Gasteiger partial charge < -0.3 is 15.7 Å². The molecule has 6 heteroatoms. The lowest BCUT2D eigenvalue weighted by Crippen LogP contribution is -2.44. The first-order chi connectivity index (χ1) is 6.47. The van der Waals surface area contributed by atoms with E-state index in [0.717, 1.165) is 0 Å². The van der Waals surface area contributed by atoms with E-state index in [1.807, 2.05) is 0 Å². The average Bonchev–Trinajstić information content (AvgIpc) is 2.02. The van der Waals surface area contributed by atoms with Crippen LogP contribution in [-0.2, 0) is 9.59 Å². The third-order valence-corrected chi connectivity index (χ3v) is 1.69. The second-order valence-electron chi connectivity index (χ2n) is 3.13. The van der Waals surface area contributed by atoms with Crippen LogP contribution in [0.3, 0.4) is 0 Å². The Morgan fingerprint density at radius 2 is 2.00 bits per heavy atom. The van der Waals surface area contributed by atoms with Crippen molar-refractivity contribution in [3.8, 4) is 0 Å². The number of nitrogens with two attached hydrogens (primary N) is 1. The van der Waals surface area contributed by atoms with Crippen molar-refractivity contribution in [2.75, 3.05) is 33.4 Å². The molecule has 14 heavy (non-hydrogen) atoms. The van der Waals surface area contributed by atoms with Crippen molar-refractivity contribution in [3.05, 3.63) is 0 Å². The van der Waals surface area contributed by atoms with Crippen molar-refractivity contribution >= 4 is 11.8 Å². The molecule has 0 bridgehead atoms. The summed E-state index contributed by atoms with van der Waals surface area (Å²) in [7, 11) is 1.74. The summed E-state index contributed by atoms with van der Waals surface area (Å²) in [6.07, 6.45) is 0. The first kappa shape index (κ1) is 12.9. The standard InChI is InChI=1S/C8H17N3O3/c1-7(13)11(5-8(9)14)6-10(2)3-4-12/h12H,3-6H2,1-2H3,(H2,9,14). The highest BCUT2D eigenvalue weighted by Gasteiger charge is 2.12. The van der Waals surface area contributed by atoms with Crippen molar-refractivity contribution in [2.45, 2.75) is 6.92 Å². The summed E-state index contributed by atoms with van der Waals surface area (Å²) in [5, 5.41) is 8.63. The van der Waals surface area contributed by atoms with Crippen molar-refractivity contribution < 1.29 is 14.7 Å². The second kappa shape index (κ2) is 6.33. The molecule has 0 fully saturated rings. The minimum atomic E-state index is -0.544. The zero-order valence-corrected chi connectivity index (χ0v) is 8.56. The maximum Gasteiger partial charge on any atom is 0.237 e. The Balaban J connectivity index is 4.08. The van der Waals surface area contributed by atoms with Gasteiger partial charge in [-0.3, -0.25) is 14.5 Å². The van der Waals surface area contributed by atoms with E-state index in [0.29, 0.717) is 13.2 Å². The van der Waals surface area contributed by atoms with E-state index in [2.05, 4.69) is 0 Å². The lowest BCUT2D eigenvalue weighted by atomic mass is 10.4. The number of aliphatic hydroxyl groups is 1. The summed E-state index contributed by atoms with van der Waals surface area (Å²) in [6.45, 7) is 2.03. The van der Waals surface area contributed by atoms with Gasteiger partial charge in [-0.2, -0.15) is 0 Å². The van der Waals surface area contributed by atoms with E-state index < -0.39 is 5.91 Å². The molecule has 0 aliphatic rings. The van der Waals surface area contributed by atoms with Crippen LogP contribution in [0.4, 0.5) is 0 Å². The smallest absolute Gasteiger partial charge is 0.237 e. The van der Waals surface area contributed by atoms with Crippen LogP contribution in [0.5, 0.6) is 0 Å². The van der Waals surface area contributed by atoms with Crippen LogP contribution in [0.1, 0.15) is 6.92 Å². The van der Waals surface area contributed by atoms with Gasteiger partial charge in [0.05, 0.1) is 13.3 Å². The molecule has 0 radical (unpaired) electrons. The Morgan fingerprint density at radius 3 is 2.36 bits per heavy atom. The molecule has 0 saturated carbocycles. The number of rotatable bonds is 6. The van der Waals surface area contributed by atoms with Gasteiger partial charge in [-0.15, -0.1) is 0 Å². The summed E-state index contributed by atoms with van der Waals surface area (Å²) < 4.78 is 0. The molecule has 0 rings (SSSR count). The summed E-state index contributed by atoms with van der Waals surface area (Å²) in [5.41, 5.74) is 4.98. The van der Waals surface area contributed by atoms with Crippen molar-refractivity contribution in [1.82, 2.24) is 9.80 Å². The van der Waals surface area contributed by atoms with Gasteiger partial charge in [0.1, 0.15) is 6.54 Å². The molecule has 0 spiro atoms. The number of carbonyl (C=O) groups excluding carboxylic acids is 2. The average molecular weight is 203 g/mol. The number of nitrogens with zero attached hydrogens (tertiary/aromatic N) is 2. The highest BCUT2D eigenvalue weighted by Crippen LogP contribution is 1.92. The number of primary amides is 1. The van der Waals surface area contributed by atoms with E-state index in [1.165, 1.54) is 11.8 Å². The molecule has 0 unspecified atom stereocenters. The van der Waals surface area contributed by atoms with Crippen LogP contribution in [0.2, 0.25) is 0 Å². The second-order valence-corrected chi connectivity index (χ2v) is 3.13. The molecule has 0 aromatic rings. The number of aliphatic hydroxyl groups excluding tert-OH is 1. The molecule has 0 aromatic carbocycles. The van der Waals surface area contributed by atoms with Gasteiger partial charge in [-0.1, -0.05) is 0 Å². The fourth-order valence-electron chi connectivity index (χ4n) is 0.982. The molecule has 0 saturated heterocycles. The van der Waals surface area contributed by atoms with Gasteiger partial charge in [0, 0.05) is 13.5 Å². The molecule has 0 aromatic heterocycles. The molecule has 82 valence electrons. The summed E-state index contributed by atoms with van der Waals surface area (Å²) in [4.78, 5) is 24.7. The Bertz CT molecular complexity index is 208. The largest absolute Gasteiger partial charge is 0.395 e. The predicted octanol–water partition coefficient (Wildman–Crippen LogP) is -1.80. The maximum atomic E-state index is 11.0. The van der Waals surface area contributed by atoms with Crippen LogP contribution in [0.25, 0.3) is 0 Å². The lowest BCUT2D eigenvalue weighted by Gasteiger charge is -2.25. The molecular formula is C8H17N3O3. The molecule has 3 N–H and O–H groups in total. The highest BCUT2D eigenvalue weighted by molar-refractivity contribution is 5.82. The summed E-state index contributed by atoms with van der Waals surface area (Å²) in [6, 6.07) is 0. The van der Waals surface area contributed by atoms with Gasteiger partial charge in [-0.05, 0) is 7.05 Å². The molecule has 0 atom stereocenters. The number of amides is 2. The van der Waals surface area contributed by atoms with Crippen LogP contribution in [-0.4, -0.2) is 60.1 Å². The van der Waals surface area contributed by atoms with Crippen LogP contribution < -0.4 is 5.73 Å². The van der Waals surface area contributed by atoms with Gasteiger partial charge in [0.15, 0.2) is 0 Å². The van der Waals surface area contributed by atoms with Crippen molar-refractivity contribution in [2.24, 2.45) is 5.73 Å². The monoisotopic (exact) mass is 203 g/mol. The maximum absolute atomic E-state index is 11.0. The number of hydrogen-bond acceptors (Lipinski definition) is 4. The van der Waals surface area contributed by atoms with E-state index >= 15 is 0 Å².